The Kier molecular flexibility index (Phi) is 6.10. The molecule has 0 saturated heterocycles. The zero-order chi connectivity index (χ0) is 37.2. The number of benzene rings is 8. The van der Waals surface area contributed by atoms with E-state index in [0.29, 0.717) is 0 Å². The Morgan fingerprint density at radius 1 is 0.421 bits per heavy atom. The number of para-hydroxylation sites is 2. The first-order valence-electron chi connectivity index (χ1n) is 19.6. The predicted molar refractivity (Wildman–Crippen MR) is 233 cm³/mol. The highest BCUT2D eigenvalue weighted by atomic mass is 16.3. The van der Waals surface area contributed by atoms with Crippen LogP contribution >= 0.6 is 0 Å². The molecule has 3 heterocycles. The van der Waals surface area contributed by atoms with Crippen molar-refractivity contribution in [1.29, 1.82) is 0 Å². The summed E-state index contributed by atoms with van der Waals surface area (Å²) < 4.78 is 8.90. The molecule has 0 saturated carbocycles. The maximum atomic E-state index is 6.39. The third kappa shape index (κ3) is 3.97. The maximum Gasteiger partial charge on any atom is 0.136 e. The molecule has 0 bridgehead atoms. The molecule has 3 nitrogen and oxygen atoms in total. The minimum Gasteiger partial charge on any atom is -0.456 e. The second kappa shape index (κ2) is 11.3. The molecule has 13 rings (SSSR count). The summed E-state index contributed by atoms with van der Waals surface area (Å²) in [5, 5.41) is 4.63. The number of hydrogen-bond acceptors (Lipinski definition) is 2. The number of pyridine rings is 1. The summed E-state index contributed by atoms with van der Waals surface area (Å²) >= 11 is 0. The van der Waals surface area contributed by atoms with Crippen molar-refractivity contribution in [2.45, 2.75) is 5.41 Å². The Hall–Kier alpha value is -7.49. The molecule has 264 valence electrons. The van der Waals surface area contributed by atoms with Gasteiger partial charge in [-0.05, 0) is 69.3 Å². The highest BCUT2D eigenvalue weighted by Gasteiger charge is 2.52. The van der Waals surface area contributed by atoms with Crippen LogP contribution in [-0.4, -0.2) is 9.55 Å². The van der Waals surface area contributed by atoms with Gasteiger partial charge >= 0.3 is 0 Å². The zero-order valence-electron chi connectivity index (χ0n) is 30.8. The monoisotopic (exact) mass is 724 g/mol. The predicted octanol–water partition coefficient (Wildman–Crippen LogP) is 13.8. The Morgan fingerprint density at radius 3 is 1.81 bits per heavy atom. The van der Waals surface area contributed by atoms with Gasteiger partial charge in [0, 0.05) is 38.2 Å². The van der Waals surface area contributed by atoms with Crippen molar-refractivity contribution in [2.24, 2.45) is 0 Å². The van der Waals surface area contributed by atoms with Crippen LogP contribution in [0.4, 0.5) is 0 Å². The van der Waals surface area contributed by atoms with Gasteiger partial charge in [0.15, 0.2) is 0 Å². The lowest BCUT2D eigenvalue weighted by atomic mass is 9.70. The quantitative estimate of drug-likeness (QED) is 0.182. The zero-order valence-corrected chi connectivity index (χ0v) is 30.8. The number of rotatable bonds is 3. The van der Waals surface area contributed by atoms with Crippen LogP contribution in [-0.2, 0) is 5.41 Å². The molecule has 3 heteroatoms. The molecule has 57 heavy (non-hydrogen) atoms. The first-order valence-corrected chi connectivity index (χ1v) is 19.6. The third-order valence-electron chi connectivity index (χ3n) is 12.6. The van der Waals surface area contributed by atoms with Gasteiger partial charge in [-0.2, -0.15) is 0 Å². The van der Waals surface area contributed by atoms with E-state index in [-0.39, 0.29) is 0 Å². The Bertz CT molecular complexity index is 3430. The normalized spacial score (nSPS) is 13.4. The average molecular weight is 725 g/mol. The lowest BCUT2D eigenvalue weighted by Crippen LogP contribution is -2.25. The first kappa shape index (κ1) is 30.8. The summed E-state index contributed by atoms with van der Waals surface area (Å²) in [4.78, 5) is 5.44. The van der Waals surface area contributed by atoms with Gasteiger partial charge in [-0.1, -0.05) is 164 Å². The third-order valence-corrected chi connectivity index (χ3v) is 12.6. The van der Waals surface area contributed by atoms with Gasteiger partial charge in [0.05, 0.1) is 33.5 Å². The number of nitrogens with zero attached hydrogens (tertiary/aromatic N) is 2. The van der Waals surface area contributed by atoms with E-state index in [1.807, 2.05) is 12.1 Å². The van der Waals surface area contributed by atoms with Crippen molar-refractivity contribution in [3.63, 3.8) is 0 Å². The Morgan fingerprint density at radius 2 is 1.02 bits per heavy atom. The molecule has 0 radical (unpaired) electrons. The van der Waals surface area contributed by atoms with Gasteiger partial charge in [0.25, 0.3) is 0 Å². The summed E-state index contributed by atoms with van der Waals surface area (Å²) in [6.45, 7) is 0. The minimum absolute atomic E-state index is 0.439. The average Bonchev–Trinajstić information content (AvgIpc) is 4.00. The van der Waals surface area contributed by atoms with Crippen LogP contribution in [0, 0.1) is 0 Å². The fourth-order valence-corrected chi connectivity index (χ4v) is 10.4. The van der Waals surface area contributed by atoms with Crippen molar-refractivity contribution < 1.29 is 4.42 Å². The van der Waals surface area contributed by atoms with E-state index in [9.17, 15) is 0 Å². The molecule has 2 aliphatic carbocycles. The van der Waals surface area contributed by atoms with Gasteiger partial charge in [-0.25, -0.2) is 4.98 Å². The second-order valence-corrected chi connectivity index (χ2v) is 15.4. The fourth-order valence-electron chi connectivity index (χ4n) is 10.4. The fraction of sp³-hybridized carbons (Fsp3) is 0.0185. The van der Waals surface area contributed by atoms with E-state index < -0.39 is 5.41 Å². The van der Waals surface area contributed by atoms with E-state index in [1.165, 1.54) is 60.8 Å². The topological polar surface area (TPSA) is 31.0 Å². The second-order valence-electron chi connectivity index (χ2n) is 15.4. The van der Waals surface area contributed by atoms with Crippen molar-refractivity contribution in [1.82, 2.24) is 9.55 Å². The molecule has 3 aromatic heterocycles. The molecule has 0 unspecified atom stereocenters. The number of aromatic nitrogens is 2. The molecule has 8 aromatic carbocycles. The van der Waals surface area contributed by atoms with Gasteiger partial charge < -0.3 is 8.98 Å². The molecule has 2 aliphatic rings. The lowest BCUT2D eigenvalue weighted by Gasteiger charge is -2.30. The first-order chi connectivity index (χ1) is 28.3. The SMILES string of the molecule is c1ccc(-c2cc(-n3c4ccccc4c4ccc5c(c43)-c3ccccc3C53c4ccccc4-c4ccccc43)cc(-c3cccc4oc5ccccc5c34)n2)cc1. The van der Waals surface area contributed by atoms with Gasteiger partial charge in [-0.3, -0.25) is 0 Å². The minimum atomic E-state index is -0.439. The van der Waals surface area contributed by atoms with Crippen molar-refractivity contribution >= 4 is 43.7 Å². The van der Waals surface area contributed by atoms with Crippen LogP contribution in [0.25, 0.3) is 94.2 Å². The molecule has 0 atom stereocenters. The number of furan rings is 1. The van der Waals surface area contributed by atoms with Gasteiger partial charge in [0.2, 0.25) is 0 Å². The molecule has 11 aromatic rings. The van der Waals surface area contributed by atoms with E-state index in [1.54, 1.807) is 0 Å². The van der Waals surface area contributed by atoms with Crippen molar-refractivity contribution in [3.8, 4) is 50.5 Å². The van der Waals surface area contributed by atoms with Gasteiger partial charge in [-0.15, -0.1) is 0 Å². The summed E-state index contributed by atoms with van der Waals surface area (Å²) in [6, 6.07) is 70.6. The van der Waals surface area contributed by atoms with Crippen molar-refractivity contribution in [3.05, 3.63) is 216 Å². The van der Waals surface area contributed by atoms with Crippen LogP contribution < -0.4 is 0 Å². The van der Waals surface area contributed by atoms with E-state index >= 15 is 0 Å². The molecule has 0 N–H and O–H groups in total. The van der Waals surface area contributed by atoms with Crippen LogP contribution in [0.2, 0.25) is 0 Å². The van der Waals surface area contributed by atoms with Gasteiger partial charge in [0.1, 0.15) is 11.2 Å². The van der Waals surface area contributed by atoms with Crippen molar-refractivity contribution in [2.75, 3.05) is 0 Å². The summed E-state index contributed by atoms with van der Waals surface area (Å²) in [7, 11) is 0. The molecular weight excluding hydrogens is 693 g/mol. The van der Waals surface area contributed by atoms with Crippen LogP contribution in [0.3, 0.4) is 0 Å². The summed E-state index contributed by atoms with van der Waals surface area (Å²) in [5.74, 6) is 0. The maximum absolute atomic E-state index is 6.39. The molecule has 0 aliphatic heterocycles. The Balaban J connectivity index is 1.18. The van der Waals surface area contributed by atoms with Crippen LogP contribution in [0.15, 0.2) is 199 Å². The molecule has 0 amide bonds. The Labute approximate surface area is 328 Å². The summed E-state index contributed by atoms with van der Waals surface area (Å²) in [6.07, 6.45) is 0. The van der Waals surface area contributed by atoms with E-state index in [2.05, 4.69) is 187 Å². The smallest absolute Gasteiger partial charge is 0.136 e. The summed E-state index contributed by atoms with van der Waals surface area (Å²) in [5.41, 5.74) is 19.2. The van der Waals surface area contributed by atoms with E-state index in [0.717, 1.165) is 55.7 Å². The number of hydrogen-bond donors (Lipinski definition) is 0. The van der Waals surface area contributed by atoms with E-state index in [4.69, 9.17) is 9.40 Å². The molecule has 1 spiro atoms. The van der Waals surface area contributed by atoms with Crippen LogP contribution in [0.1, 0.15) is 22.3 Å². The molecular formula is C54H32N2O. The highest BCUT2D eigenvalue weighted by Crippen LogP contribution is 2.64. The standard InChI is InChI=1S/C54H32N2O/c1-2-15-33(16-3-1)46-31-34(32-47(55-46)40-22-14-28-50-51(40)41-21-8-13-27-49(41)57-50)56-48-26-12-7-19-37(48)38-29-30-45-52(53(38)56)39-20-6-11-25-44(39)54(45)42-23-9-4-17-35(42)36-18-5-10-24-43(36)54/h1-32H. The largest absolute Gasteiger partial charge is 0.456 e. The molecule has 0 fully saturated rings. The highest BCUT2D eigenvalue weighted by molar-refractivity contribution is 6.17. The number of fused-ring (bicyclic) bond motifs is 17. The lowest BCUT2D eigenvalue weighted by molar-refractivity contribution is 0.669. The van der Waals surface area contributed by atoms with Crippen LogP contribution in [0.5, 0.6) is 0 Å².